The molecule has 1 aromatic carbocycles. The van der Waals surface area contributed by atoms with Crippen LogP contribution in [0, 0.1) is 11.6 Å². The van der Waals surface area contributed by atoms with Crippen molar-refractivity contribution in [1.82, 2.24) is 9.71 Å². The van der Waals surface area contributed by atoms with Gasteiger partial charge in [0.05, 0.1) is 12.7 Å². The lowest BCUT2D eigenvalue weighted by Gasteiger charge is -2.06. The number of sulfonamides is 1. The molecule has 1 heterocycles. The molecular formula is C12H12F2N2O3S. The molecule has 0 unspecified atom stereocenters. The Hall–Kier alpha value is -1.80. The Labute approximate surface area is 114 Å². The van der Waals surface area contributed by atoms with E-state index in [-0.39, 0.29) is 12.4 Å². The van der Waals surface area contributed by atoms with Crippen molar-refractivity contribution in [3.63, 3.8) is 0 Å². The maximum Gasteiger partial charge on any atom is 0.243 e. The van der Waals surface area contributed by atoms with E-state index < -0.39 is 26.6 Å². The highest BCUT2D eigenvalue weighted by Crippen LogP contribution is 2.15. The minimum atomic E-state index is -4.10. The minimum Gasteiger partial charge on any atom is -0.444 e. The standard InChI is InChI=1S/C12H12F2N2O3S/c1-2-9-6-15-12(19-9)7-16-20(17,18)11-4-3-8(13)5-10(11)14/h3-6,16H,2,7H2,1H3. The van der Waals surface area contributed by atoms with E-state index in [0.29, 0.717) is 18.2 Å². The van der Waals surface area contributed by atoms with Crippen LogP contribution < -0.4 is 4.72 Å². The molecule has 1 N–H and O–H groups in total. The van der Waals surface area contributed by atoms with Crippen molar-refractivity contribution in [1.29, 1.82) is 0 Å². The number of nitrogens with one attached hydrogen (secondary N) is 1. The molecule has 5 nitrogen and oxygen atoms in total. The Morgan fingerprint density at radius 2 is 2.10 bits per heavy atom. The van der Waals surface area contributed by atoms with Gasteiger partial charge in [-0.2, -0.15) is 0 Å². The topological polar surface area (TPSA) is 72.2 Å². The van der Waals surface area contributed by atoms with Gasteiger partial charge in [0.1, 0.15) is 22.3 Å². The molecule has 0 aliphatic rings. The number of halogens is 2. The average molecular weight is 302 g/mol. The molecular weight excluding hydrogens is 290 g/mol. The van der Waals surface area contributed by atoms with Gasteiger partial charge in [-0.25, -0.2) is 26.9 Å². The summed E-state index contributed by atoms with van der Waals surface area (Å²) in [6.45, 7) is 1.65. The molecule has 0 fully saturated rings. The maximum absolute atomic E-state index is 13.4. The zero-order chi connectivity index (χ0) is 14.8. The van der Waals surface area contributed by atoms with Gasteiger partial charge in [-0.15, -0.1) is 0 Å². The number of hydrogen-bond acceptors (Lipinski definition) is 4. The van der Waals surface area contributed by atoms with Crippen molar-refractivity contribution < 1.29 is 21.6 Å². The number of nitrogens with zero attached hydrogens (tertiary/aromatic N) is 1. The average Bonchev–Trinajstić information content (AvgIpc) is 2.84. The van der Waals surface area contributed by atoms with Crippen LogP contribution in [0.25, 0.3) is 0 Å². The summed E-state index contributed by atoms with van der Waals surface area (Å²) >= 11 is 0. The second-order valence-corrected chi connectivity index (χ2v) is 5.71. The fraction of sp³-hybridized carbons (Fsp3) is 0.250. The SMILES string of the molecule is CCc1cnc(CNS(=O)(=O)c2ccc(F)cc2F)o1. The van der Waals surface area contributed by atoms with Crippen LogP contribution in [0.1, 0.15) is 18.6 Å². The number of hydrogen-bond donors (Lipinski definition) is 1. The summed E-state index contributed by atoms with van der Waals surface area (Å²) in [6, 6.07) is 2.24. The lowest BCUT2D eigenvalue weighted by molar-refractivity contribution is 0.451. The van der Waals surface area contributed by atoms with Crippen LogP contribution in [0.15, 0.2) is 33.7 Å². The summed E-state index contributed by atoms with van der Waals surface area (Å²) in [6.07, 6.45) is 2.12. The third-order valence-corrected chi connectivity index (χ3v) is 3.98. The second-order valence-electron chi connectivity index (χ2n) is 3.97. The highest BCUT2D eigenvalue weighted by molar-refractivity contribution is 7.89. The quantitative estimate of drug-likeness (QED) is 0.917. The Bertz CT molecular complexity index is 713. The summed E-state index contributed by atoms with van der Waals surface area (Å²) < 4.78 is 57.3. The van der Waals surface area contributed by atoms with Crippen molar-refractivity contribution in [3.05, 3.63) is 47.7 Å². The molecule has 8 heteroatoms. The fourth-order valence-corrected chi connectivity index (χ4v) is 2.55. The number of rotatable bonds is 5. The summed E-state index contributed by atoms with van der Waals surface area (Å²) in [5.74, 6) is -1.21. The highest BCUT2D eigenvalue weighted by atomic mass is 32.2. The first-order valence-electron chi connectivity index (χ1n) is 5.80. The Kier molecular flexibility index (Phi) is 4.15. The van der Waals surface area contributed by atoms with E-state index in [2.05, 4.69) is 9.71 Å². The molecule has 0 bridgehead atoms. The van der Waals surface area contributed by atoms with E-state index >= 15 is 0 Å². The molecule has 0 amide bonds. The maximum atomic E-state index is 13.4. The van der Waals surface area contributed by atoms with E-state index in [1.54, 1.807) is 0 Å². The largest absolute Gasteiger partial charge is 0.444 e. The highest BCUT2D eigenvalue weighted by Gasteiger charge is 2.20. The van der Waals surface area contributed by atoms with Crippen molar-refractivity contribution in [2.45, 2.75) is 24.8 Å². The molecule has 0 saturated carbocycles. The third-order valence-electron chi connectivity index (χ3n) is 2.55. The van der Waals surface area contributed by atoms with Crippen molar-refractivity contribution in [3.8, 4) is 0 Å². The van der Waals surface area contributed by atoms with E-state index in [9.17, 15) is 17.2 Å². The zero-order valence-electron chi connectivity index (χ0n) is 10.6. The van der Waals surface area contributed by atoms with Gasteiger partial charge >= 0.3 is 0 Å². The van der Waals surface area contributed by atoms with E-state index in [1.807, 2.05) is 6.92 Å². The van der Waals surface area contributed by atoms with Crippen LogP contribution in [0.4, 0.5) is 8.78 Å². The Morgan fingerprint density at radius 3 is 2.70 bits per heavy atom. The first-order valence-corrected chi connectivity index (χ1v) is 7.29. The molecule has 2 aromatic rings. The molecule has 0 spiro atoms. The number of oxazole rings is 1. The number of aryl methyl sites for hydroxylation is 1. The van der Waals surface area contributed by atoms with Gasteiger partial charge in [0.25, 0.3) is 0 Å². The van der Waals surface area contributed by atoms with Crippen molar-refractivity contribution in [2.24, 2.45) is 0 Å². The van der Waals surface area contributed by atoms with Gasteiger partial charge in [-0.05, 0) is 12.1 Å². The second kappa shape index (κ2) is 5.68. The first kappa shape index (κ1) is 14.6. The van der Waals surface area contributed by atoms with E-state index in [4.69, 9.17) is 4.42 Å². The normalized spacial score (nSPS) is 11.8. The predicted molar refractivity (Wildman–Crippen MR) is 66.3 cm³/mol. The summed E-state index contributed by atoms with van der Waals surface area (Å²) in [5, 5.41) is 0. The monoisotopic (exact) mass is 302 g/mol. The van der Waals surface area contributed by atoms with Crippen LogP contribution in [-0.4, -0.2) is 13.4 Å². The van der Waals surface area contributed by atoms with Gasteiger partial charge < -0.3 is 4.42 Å². The van der Waals surface area contributed by atoms with Crippen LogP contribution in [0.3, 0.4) is 0 Å². The van der Waals surface area contributed by atoms with Crippen LogP contribution in [-0.2, 0) is 23.0 Å². The van der Waals surface area contributed by atoms with E-state index in [0.717, 1.165) is 12.1 Å². The van der Waals surface area contributed by atoms with Crippen molar-refractivity contribution in [2.75, 3.05) is 0 Å². The van der Waals surface area contributed by atoms with Crippen LogP contribution >= 0.6 is 0 Å². The van der Waals surface area contributed by atoms with Gasteiger partial charge in [0.15, 0.2) is 0 Å². The molecule has 0 saturated heterocycles. The molecule has 0 aliphatic heterocycles. The minimum absolute atomic E-state index is 0.174. The summed E-state index contributed by atoms with van der Waals surface area (Å²) in [7, 11) is -4.10. The smallest absolute Gasteiger partial charge is 0.243 e. The van der Waals surface area contributed by atoms with Gasteiger partial charge in [-0.1, -0.05) is 6.92 Å². The predicted octanol–water partition coefficient (Wildman–Crippen LogP) is 1.99. The Balaban J connectivity index is 2.14. The summed E-state index contributed by atoms with van der Waals surface area (Å²) in [5.41, 5.74) is 0. The third kappa shape index (κ3) is 3.20. The fourth-order valence-electron chi connectivity index (χ4n) is 1.52. The molecule has 2 rings (SSSR count). The summed E-state index contributed by atoms with van der Waals surface area (Å²) in [4.78, 5) is 3.25. The number of aromatic nitrogens is 1. The molecule has 0 radical (unpaired) electrons. The number of benzene rings is 1. The molecule has 0 atom stereocenters. The lowest BCUT2D eigenvalue weighted by atomic mass is 10.3. The van der Waals surface area contributed by atoms with Gasteiger partial charge in [0.2, 0.25) is 15.9 Å². The van der Waals surface area contributed by atoms with Crippen molar-refractivity contribution >= 4 is 10.0 Å². The molecule has 0 aliphatic carbocycles. The molecule has 108 valence electrons. The molecule has 20 heavy (non-hydrogen) atoms. The van der Waals surface area contributed by atoms with Crippen LogP contribution in [0.2, 0.25) is 0 Å². The van der Waals surface area contributed by atoms with E-state index in [1.165, 1.54) is 6.20 Å². The van der Waals surface area contributed by atoms with Gasteiger partial charge in [0, 0.05) is 12.5 Å². The lowest BCUT2D eigenvalue weighted by Crippen LogP contribution is -2.24. The molecule has 1 aromatic heterocycles. The van der Waals surface area contributed by atoms with Gasteiger partial charge in [-0.3, -0.25) is 0 Å². The van der Waals surface area contributed by atoms with Crippen LogP contribution in [0.5, 0.6) is 0 Å². The first-order chi connectivity index (χ1) is 9.42. The Morgan fingerprint density at radius 1 is 1.35 bits per heavy atom. The zero-order valence-corrected chi connectivity index (χ0v) is 11.4.